The minimum absolute atomic E-state index is 0.235. The van der Waals surface area contributed by atoms with Crippen molar-refractivity contribution in [1.29, 1.82) is 0 Å². The molecule has 0 aromatic heterocycles. The summed E-state index contributed by atoms with van der Waals surface area (Å²) in [6.07, 6.45) is 5.39. The number of Topliss-reactive ketones (excluding diaryl/α,β-unsaturated/α-hetero) is 1. The summed E-state index contributed by atoms with van der Waals surface area (Å²) in [7, 11) is 0. The first-order valence-corrected chi connectivity index (χ1v) is 9.15. The van der Waals surface area contributed by atoms with Gasteiger partial charge in [-0.3, -0.25) is 4.79 Å². The quantitative estimate of drug-likeness (QED) is 0.458. The maximum absolute atomic E-state index is 12.3. The molecule has 0 bridgehead atoms. The Hall–Kier alpha value is -2.03. The summed E-state index contributed by atoms with van der Waals surface area (Å²) in [6.45, 7) is 0. The predicted octanol–water partition coefficient (Wildman–Crippen LogP) is 6.08. The van der Waals surface area contributed by atoms with Crippen LogP contribution in [0.15, 0.2) is 70.0 Å². The van der Waals surface area contributed by atoms with Crippen LogP contribution in [0.4, 0.5) is 0 Å². The average Bonchev–Trinajstić information content (AvgIpc) is 2.61. The molecule has 24 heavy (non-hydrogen) atoms. The van der Waals surface area contributed by atoms with E-state index in [1.54, 1.807) is 11.8 Å². The fraction of sp³-hybridized carbons (Fsp3) is 0.0952. The molecular formula is C21H13ClOS. The number of carbonyl (C=O) groups is 1. The van der Waals surface area contributed by atoms with Gasteiger partial charge in [0.15, 0.2) is 5.78 Å². The second-order valence-electron chi connectivity index (χ2n) is 6.21. The van der Waals surface area contributed by atoms with Gasteiger partial charge in [0.05, 0.1) is 4.91 Å². The van der Waals surface area contributed by atoms with Crippen molar-refractivity contribution in [3.63, 3.8) is 0 Å². The van der Waals surface area contributed by atoms with Gasteiger partial charge in [-0.25, -0.2) is 0 Å². The lowest BCUT2D eigenvalue weighted by Crippen LogP contribution is -2.12. The van der Waals surface area contributed by atoms with Gasteiger partial charge in [0.25, 0.3) is 0 Å². The summed E-state index contributed by atoms with van der Waals surface area (Å²) >= 11 is 7.92. The average molecular weight is 349 g/mol. The molecule has 1 aliphatic carbocycles. The maximum Gasteiger partial charge on any atom is 0.173 e. The zero-order chi connectivity index (χ0) is 16.3. The molecule has 0 fully saturated rings. The number of carbonyl (C=O) groups excluding carboxylic acids is 1. The van der Waals surface area contributed by atoms with Crippen LogP contribution in [0, 0.1) is 0 Å². The van der Waals surface area contributed by atoms with Crippen LogP contribution in [0.1, 0.15) is 12.0 Å². The lowest BCUT2D eigenvalue weighted by atomic mass is 9.91. The molecule has 2 aliphatic rings. The van der Waals surface area contributed by atoms with Crippen LogP contribution in [0.25, 0.3) is 21.5 Å². The Bertz CT molecular complexity index is 1110. The zero-order valence-electron chi connectivity index (χ0n) is 12.8. The van der Waals surface area contributed by atoms with Gasteiger partial charge in [0.2, 0.25) is 0 Å². The van der Waals surface area contributed by atoms with Gasteiger partial charge in [-0.05, 0) is 44.8 Å². The Morgan fingerprint density at radius 3 is 2.62 bits per heavy atom. The molecule has 116 valence electrons. The fourth-order valence-electron chi connectivity index (χ4n) is 3.70. The van der Waals surface area contributed by atoms with E-state index >= 15 is 0 Å². The van der Waals surface area contributed by atoms with Crippen molar-refractivity contribution in [2.45, 2.75) is 17.7 Å². The molecular weight excluding hydrogens is 336 g/mol. The molecule has 1 aliphatic heterocycles. The number of thioether (sulfide) groups is 1. The Balaban J connectivity index is 1.90. The van der Waals surface area contributed by atoms with E-state index < -0.39 is 0 Å². The van der Waals surface area contributed by atoms with Gasteiger partial charge in [-0.1, -0.05) is 65.8 Å². The Kier molecular flexibility index (Phi) is 3.12. The number of hydrogen-bond acceptors (Lipinski definition) is 2. The summed E-state index contributed by atoms with van der Waals surface area (Å²) in [6, 6.07) is 14.6. The maximum atomic E-state index is 12.3. The van der Waals surface area contributed by atoms with E-state index in [2.05, 4.69) is 42.5 Å². The fourth-order valence-corrected chi connectivity index (χ4v) is 5.14. The van der Waals surface area contributed by atoms with Crippen molar-refractivity contribution in [2.24, 2.45) is 0 Å². The molecule has 0 saturated carbocycles. The molecule has 0 unspecified atom stereocenters. The Labute approximate surface area is 149 Å². The molecule has 0 radical (unpaired) electrons. The second kappa shape index (κ2) is 5.23. The smallest absolute Gasteiger partial charge is 0.173 e. The lowest BCUT2D eigenvalue weighted by Gasteiger charge is -2.25. The van der Waals surface area contributed by atoms with Crippen molar-refractivity contribution in [2.75, 3.05) is 0 Å². The molecule has 0 atom stereocenters. The van der Waals surface area contributed by atoms with E-state index in [9.17, 15) is 4.79 Å². The number of fused-ring (bicyclic) bond motifs is 6. The molecule has 0 N–H and O–H groups in total. The van der Waals surface area contributed by atoms with E-state index in [4.69, 9.17) is 11.6 Å². The number of ketones is 1. The standard InChI is InChI=1S/C21H13ClOS/c22-13-8-9-15-14-5-1-2-6-16(14)21-18(17(15)11-13)10-12-4-3-7-19(23)20(12)24-21/h1-6,8-9,11H,7,10H2. The van der Waals surface area contributed by atoms with Crippen molar-refractivity contribution >= 4 is 50.7 Å². The van der Waals surface area contributed by atoms with Crippen LogP contribution in [0.3, 0.4) is 0 Å². The third-order valence-electron chi connectivity index (χ3n) is 4.78. The van der Waals surface area contributed by atoms with Gasteiger partial charge >= 0.3 is 0 Å². The first-order valence-electron chi connectivity index (χ1n) is 7.96. The molecule has 3 aromatic carbocycles. The predicted molar refractivity (Wildman–Crippen MR) is 102 cm³/mol. The highest BCUT2D eigenvalue weighted by atomic mass is 35.5. The summed E-state index contributed by atoms with van der Waals surface area (Å²) in [5, 5.41) is 5.62. The SMILES string of the molecule is O=C1CC=CC2=C1Sc1c(c3cc(Cl)ccc3c3ccccc13)C2. The molecule has 3 heteroatoms. The molecule has 0 spiro atoms. The normalized spacial score (nSPS) is 16.6. The van der Waals surface area contributed by atoms with Crippen LogP contribution < -0.4 is 0 Å². The summed E-state index contributed by atoms with van der Waals surface area (Å²) in [5.74, 6) is 0.235. The van der Waals surface area contributed by atoms with Crippen molar-refractivity contribution in [3.05, 3.63) is 75.7 Å². The number of rotatable bonds is 0. The van der Waals surface area contributed by atoms with Crippen LogP contribution in [-0.2, 0) is 11.2 Å². The first-order chi connectivity index (χ1) is 11.7. The van der Waals surface area contributed by atoms with Crippen LogP contribution >= 0.6 is 23.4 Å². The van der Waals surface area contributed by atoms with Crippen LogP contribution in [0.5, 0.6) is 0 Å². The van der Waals surface area contributed by atoms with Crippen molar-refractivity contribution in [3.8, 4) is 0 Å². The summed E-state index contributed by atoms with van der Waals surface area (Å²) < 4.78 is 0. The van der Waals surface area contributed by atoms with E-state index in [-0.39, 0.29) is 5.78 Å². The highest BCUT2D eigenvalue weighted by molar-refractivity contribution is 8.04. The van der Waals surface area contributed by atoms with Gasteiger partial charge in [0.1, 0.15) is 0 Å². The van der Waals surface area contributed by atoms with E-state index in [1.807, 2.05) is 12.1 Å². The van der Waals surface area contributed by atoms with Crippen molar-refractivity contribution in [1.82, 2.24) is 0 Å². The minimum Gasteiger partial charge on any atom is -0.293 e. The van der Waals surface area contributed by atoms with E-state index in [1.165, 1.54) is 32.0 Å². The number of halogens is 1. The third kappa shape index (κ3) is 2.00. The number of hydrogen-bond donors (Lipinski definition) is 0. The summed E-state index contributed by atoms with van der Waals surface area (Å²) in [4.78, 5) is 14.5. The first kappa shape index (κ1) is 14.3. The topological polar surface area (TPSA) is 17.1 Å². The van der Waals surface area contributed by atoms with Gasteiger partial charge in [0, 0.05) is 22.8 Å². The monoisotopic (exact) mass is 348 g/mol. The van der Waals surface area contributed by atoms with Gasteiger partial charge < -0.3 is 0 Å². The third-order valence-corrected chi connectivity index (χ3v) is 6.38. The van der Waals surface area contributed by atoms with Crippen LogP contribution in [0.2, 0.25) is 5.02 Å². The Morgan fingerprint density at radius 2 is 1.75 bits per heavy atom. The highest BCUT2D eigenvalue weighted by Gasteiger charge is 2.27. The molecule has 0 saturated heterocycles. The van der Waals surface area contributed by atoms with Crippen LogP contribution in [-0.4, -0.2) is 5.78 Å². The molecule has 5 rings (SSSR count). The van der Waals surface area contributed by atoms with E-state index in [0.717, 1.165) is 21.9 Å². The Morgan fingerprint density at radius 1 is 0.958 bits per heavy atom. The van der Waals surface area contributed by atoms with Gasteiger partial charge in [-0.2, -0.15) is 0 Å². The largest absolute Gasteiger partial charge is 0.293 e. The minimum atomic E-state index is 0.235. The number of allylic oxidation sites excluding steroid dienone is 4. The molecule has 1 nitrogen and oxygen atoms in total. The second-order valence-corrected chi connectivity index (χ2v) is 7.66. The lowest BCUT2D eigenvalue weighted by molar-refractivity contribution is -0.114. The van der Waals surface area contributed by atoms with E-state index in [0.29, 0.717) is 6.42 Å². The highest BCUT2D eigenvalue weighted by Crippen LogP contribution is 2.48. The number of benzene rings is 3. The van der Waals surface area contributed by atoms with Crippen molar-refractivity contribution < 1.29 is 4.79 Å². The summed E-state index contributed by atoms with van der Waals surface area (Å²) in [5.41, 5.74) is 2.43. The van der Waals surface area contributed by atoms with Gasteiger partial charge in [-0.15, -0.1) is 0 Å². The molecule has 0 amide bonds. The zero-order valence-corrected chi connectivity index (χ0v) is 14.4. The molecule has 1 heterocycles. The molecule has 3 aromatic rings.